The van der Waals surface area contributed by atoms with Crippen molar-refractivity contribution in [3.8, 4) is 0 Å². The lowest BCUT2D eigenvalue weighted by molar-refractivity contribution is 0.192. The monoisotopic (exact) mass is 249 g/mol. The van der Waals surface area contributed by atoms with Crippen molar-refractivity contribution in [2.24, 2.45) is 0 Å². The molecular formula is C13H15NO2S. The summed E-state index contributed by atoms with van der Waals surface area (Å²) >= 11 is 1.70. The van der Waals surface area contributed by atoms with E-state index in [9.17, 15) is 4.79 Å². The Morgan fingerprint density at radius 3 is 2.82 bits per heavy atom. The van der Waals surface area contributed by atoms with Crippen LogP contribution in [0.3, 0.4) is 0 Å². The van der Waals surface area contributed by atoms with Crippen LogP contribution in [-0.2, 0) is 5.41 Å². The van der Waals surface area contributed by atoms with Gasteiger partial charge < -0.3 is 10.4 Å². The zero-order chi connectivity index (χ0) is 12.5. The summed E-state index contributed by atoms with van der Waals surface area (Å²) in [4.78, 5) is 10.6. The van der Waals surface area contributed by atoms with Crippen LogP contribution >= 0.6 is 11.3 Å². The molecule has 0 saturated heterocycles. The molecule has 4 heteroatoms. The summed E-state index contributed by atoms with van der Waals surface area (Å²) in [6, 6.07) is 8.21. The number of thiophene rings is 1. The Balaban J connectivity index is 2.35. The Labute approximate surface area is 104 Å². The predicted octanol–water partition coefficient (Wildman–Crippen LogP) is 3.45. The van der Waals surface area contributed by atoms with Crippen LogP contribution in [0.15, 0.2) is 29.6 Å². The summed E-state index contributed by atoms with van der Waals surface area (Å²) in [5.74, 6) is 0. The van der Waals surface area contributed by atoms with Gasteiger partial charge in [-0.3, -0.25) is 0 Å². The second kappa shape index (κ2) is 4.37. The number of carboxylic acid groups (broad SMARTS) is 1. The largest absolute Gasteiger partial charge is 0.465 e. The van der Waals surface area contributed by atoms with Gasteiger partial charge in [0, 0.05) is 16.7 Å². The molecule has 0 aliphatic heterocycles. The minimum atomic E-state index is -0.974. The molecule has 0 radical (unpaired) electrons. The van der Waals surface area contributed by atoms with Crippen molar-refractivity contribution in [3.05, 3.63) is 35.2 Å². The van der Waals surface area contributed by atoms with E-state index >= 15 is 0 Å². The summed E-state index contributed by atoms with van der Waals surface area (Å²) in [7, 11) is 0. The highest BCUT2D eigenvalue weighted by molar-refractivity contribution is 7.17. The number of rotatable bonds is 3. The number of benzene rings is 1. The van der Waals surface area contributed by atoms with E-state index in [1.54, 1.807) is 11.3 Å². The molecule has 90 valence electrons. The Kier molecular flexibility index (Phi) is 3.07. The number of carbonyl (C=O) groups is 1. The third kappa shape index (κ3) is 2.42. The second-order valence-electron chi connectivity index (χ2n) is 4.69. The normalized spacial score (nSPS) is 11.6. The van der Waals surface area contributed by atoms with E-state index in [-0.39, 0.29) is 5.41 Å². The van der Waals surface area contributed by atoms with E-state index in [0.29, 0.717) is 6.54 Å². The highest BCUT2D eigenvalue weighted by Crippen LogP contribution is 2.34. The number of fused-ring (bicyclic) bond motifs is 1. The van der Waals surface area contributed by atoms with Gasteiger partial charge in [-0.25, -0.2) is 4.79 Å². The fourth-order valence-corrected chi connectivity index (χ4v) is 3.05. The quantitative estimate of drug-likeness (QED) is 0.875. The Morgan fingerprint density at radius 2 is 2.12 bits per heavy atom. The van der Waals surface area contributed by atoms with Crippen molar-refractivity contribution in [1.29, 1.82) is 0 Å². The van der Waals surface area contributed by atoms with E-state index in [2.05, 4.69) is 36.7 Å². The molecule has 1 aromatic carbocycles. The number of hydrogen-bond acceptors (Lipinski definition) is 2. The first-order chi connectivity index (χ1) is 8.00. The van der Waals surface area contributed by atoms with Gasteiger partial charge in [-0.15, -0.1) is 11.3 Å². The van der Waals surface area contributed by atoms with E-state index in [1.807, 2.05) is 12.1 Å². The summed E-state index contributed by atoms with van der Waals surface area (Å²) in [6.45, 7) is 4.53. The molecule has 1 aromatic heterocycles. The van der Waals surface area contributed by atoms with Crippen molar-refractivity contribution in [2.75, 3.05) is 6.54 Å². The average Bonchev–Trinajstić information content (AvgIpc) is 2.71. The molecule has 17 heavy (non-hydrogen) atoms. The molecule has 0 saturated carbocycles. The highest BCUT2D eigenvalue weighted by Gasteiger charge is 2.24. The average molecular weight is 249 g/mol. The maximum atomic E-state index is 10.6. The zero-order valence-electron chi connectivity index (χ0n) is 9.86. The van der Waals surface area contributed by atoms with Crippen molar-refractivity contribution in [1.82, 2.24) is 5.32 Å². The summed E-state index contributed by atoms with van der Waals surface area (Å²) in [6.07, 6.45) is -0.974. The van der Waals surface area contributed by atoms with Crippen molar-refractivity contribution >= 4 is 27.5 Å². The van der Waals surface area contributed by atoms with Crippen LogP contribution in [0, 0.1) is 0 Å². The van der Waals surface area contributed by atoms with Gasteiger partial charge in [0.1, 0.15) is 0 Å². The number of hydrogen-bond donors (Lipinski definition) is 2. The topological polar surface area (TPSA) is 49.3 Å². The van der Waals surface area contributed by atoms with Gasteiger partial charge in [0.15, 0.2) is 0 Å². The Hall–Kier alpha value is -1.55. The van der Waals surface area contributed by atoms with E-state index in [4.69, 9.17) is 5.11 Å². The highest BCUT2D eigenvalue weighted by atomic mass is 32.1. The van der Waals surface area contributed by atoms with Crippen LogP contribution in [-0.4, -0.2) is 17.7 Å². The molecule has 2 aromatic rings. The summed E-state index contributed by atoms with van der Waals surface area (Å²) in [5, 5.41) is 14.5. The predicted molar refractivity (Wildman–Crippen MR) is 70.9 cm³/mol. The summed E-state index contributed by atoms with van der Waals surface area (Å²) in [5.41, 5.74) is 1.00. The molecule has 1 heterocycles. The Morgan fingerprint density at radius 1 is 1.41 bits per heavy atom. The van der Waals surface area contributed by atoms with E-state index in [0.717, 1.165) is 0 Å². The Bertz CT molecular complexity index is 545. The maximum absolute atomic E-state index is 10.6. The smallest absolute Gasteiger partial charge is 0.404 e. The first-order valence-electron chi connectivity index (χ1n) is 5.44. The van der Waals surface area contributed by atoms with Crippen LogP contribution in [0.4, 0.5) is 4.79 Å². The SMILES string of the molecule is CC(C)(CNC(=O)O)c1csc2ccccc12. The molecule has 0 atom stereocenters. The van der Waals surface area contributed by atoms with Gasteiger partial charge >= 0.3 is 6.09 Å². The van der Waals surface area contributed by atoms with Crippen LogP contribution < -0.4 is 5.32 Å². The number of nitrogens with one attached hydrogen (secondary N) is 1. The first-order valence-corrected chi connectivity index (χ1v) is 6.32. The molecule has 0 spiro atoms. The van der Waals surface area contributed by atoms with Gasteiger partial charge in [-0.2, -0.15) is 0 Å². The maximum Gasteiger partial charge on any atom is 0.404 e. The standard InChI is InChI=1S/C13H15NO2S/c1-13(2,8-14-12(15)16)10-7-17-11-6-4-3-5-9(10)11/h3-7,14H,8H2,1-2H3,(H,15,16). The molecular weight excluding hydrogens is 234 g/mol. The lowest BCUT2D eigenvalue weighted by atomic mass is 9.84. The van der Waals surface area contributed by atoms with Crippen LogP contribution in [0.25, 0.3) is 10.1 Å². The lowest BCUT2D eigenvalue weighted by Gasteiger charge is -2.24. The molecule has 2 rings (SSSR count). The molecule has 3 nitrogen and oxygen atoms in total. The van der Waals surface area contributed by atoms with Gasteiger partial charge in [-0.05, 0) is 22.4 Å². The number of amides is 1. The van der Waals surface area contributed by atoms with Crippen LogP contribution in [0.1, 0.15) is 19.4 Å². The van der Waals surface area contributed by atoms with Gasteiger partial charge in [-0.1, -0.05) is 32.0 Å². The van der Waals surface area contributed by atoms with E-state index in [1.165, 1.54) is 15.6 Å². The minimum Gasteiger partial charge on any atom is -0.465 e. The second-order valence-corrected chi connectivity index (χ2v) is 5.60. The van der Waals surface area contributed by atoms with Crippen molar-refractivity contribution < 1.29 is 9.90 Å². The lowest BCUT2D eigenvalue weighted by Crippen LogP contribution is -2.35. The van der Waals surface area contributed by atoms with Crippen molar-refractivity contribution in [2.45, 2.75) is 19.3 Å². The van der Waals surface area contributed by atoms with Crippen molar-refractivity contribution in [3.63, 3.8) is 0 Å². The molecule has 0 aliphatic carbocycles. The van der Waals surface area contributed by atoms with Crippen LogP contribution in [0.2, 0.25) is 0 Å². The fourth-order valence-electron chi connectivity index (χ4n) is 1.89. The molecule has 0 unspecified atom stereocenters. The van der Waals surface area contributed by atoms with E-state index < -0.39 is 6.09 Å². The fraction of sp³-hybridized carbons (Fsp3) is 0.308. The molecule has 0 aliphatic rings. The van der Waals surface area contributed by atoms with Gasteiger partial charge in [0.2, 0.25) is 0 Å². The van der Waals surface area contributed by atoms with Gasteiger partial charge in [0.25, 0.3) is 0 Å². The molecule has 0 fully saturated rings. The van der Waals surface area contributed by atoms with Crippen LogP contribution in [0.5, 0.6) is 0 Å². The molecule has 2 N–H and O–H groups in total. The summed E-state index contributed by atoms with van der Waals surface area (Å²) < 4.78 is 1.24. The molecule has 1 amide bonds. The first kappa shape index (κ1) is 11.9. The molecule has 0 bridgehead atoms. The van der Waals surface area contributed by atoms with Gasteiger partial charge in [0.05, 0.1) is 0 Å². The minimum absolute atomic E-state index is 0.196. The third-order valence-electron chi connectivity index (χ3n) is 2.89. The zero-order valence-corrected chi connectivity index (χ0v) is 10.7. The third-order valence-corrected chi connectivity index (χ3v) is 3.86.